The quantitative estimate of drug-likeness (QED) is 0.520. The Balaban J connectivity index is 2.66. The topological polar surface area (TPSA) is 49.7 Å². The van der Waals surface area contributed by atoms with Crippen molar-refractivity contribution in [2.24, 2.45) is 5.16 Å². The van der Waals surface area contributed by atoms with Crippen LogP contribution in [0.2, 0.25) is 0 Å². The van der Waals surface area contributed by atoms with Crippen LogP contribution in [0, 0.1) is 0 Å². The van der Waals surface area contributed by atoms with Crippen LogP contribution >= 0.6 is 0 Å². The maximum Gasteiger partial charge on any atom is 0.210 e. The molecule has 1 N–H and O–H groups in total. The van der Waals surface area contributed by atoms with Gasteiger partial charge in [-0.2, -0.15) is 0 Å². The molecule has 1 aliphatic rings. The van der Waals surface area contributed by atoms with E-state index in [4.69, 9.17) is 5.21 Å². The number of carbonyl (C=O) groups excluding carboxylic acids is 1. The molecular formula is C12H13NO2. The van der Waals surface area contributed by atoms with Crippen molar-refractivity contribution in [1.82, 2.24) is 0 Å². The van der Waals surface area contributed by atoms with Gasteiger partial charge in [-0.3, -0.25) is 4.79 Å². The minimum atomic E-state index is -0.160. The van der Waals surface area contributed by atoms with Crippen molar-refractivity contribution < 1.29 is 10.0 Å². The first-order chi connectivity index (χ1) is 7.06. The van der Waals surface area contributed by atoms with Crippen LogP contribution in [0.3, 0.4) is 0 Å². The molecule has 0 spiro atoms. The second-order valence-corrected chi connectivity index (χ2v) is 4.48. The van der Waals surface area contributed by atoms with E-state index in [1.807, 2.05) is 32.0 Å². The van der Waals surface area contributed by atoms with Crippen molar-refractivity contribution in [2.45, 2.75) is 25.7 Å². The number of rotatable bonds is 0. The SMILES string of the molecule is CC1(C)C/C(=N/O)C(=O)c2ccccc21. The number of nitrogens with zero attached hydrogens (tertiary/aromatic N) is 1. The molecule has 0 atom stereocenters. The molecule has 3 nitrogen and oxygen atoms in total. The zero-order valence-electron chi connectivity index (χ0n) is 8.82. The lowest BCUT2D eigenvalue weighted by molar-refractivity contribution is 0.105. The van der Waals surface area contributed by atoms with Gasteiger partial charge in [-0.15, -0.1) is 0 Å². The molecule has 1 aromatic rings. The van der Waals surface area contributed by atoms with Crippen LogP contribution in [-0.2, 0) is 5.41 Å². The largest absolute Gasteiger partial charge is 0.411 e. The molecule has 0 unspecified atom stereocenters. The first-order valence-electron chi connectivity index (χ1n) is 4.91. The molecule has 15 heavy (non-hydrogen) atoms. The van der Waals surface area contributed by atoms with Crippen LogP contribution in [0.15, 0.2) is 29.4 Å². The van der Waals surface area contributed by atoms with Gasteiger partial charge in [0.1, 0.15) is 5.71 Å². The predicted molar refractivity (Wildman–Crippen MR) is 57.6 cm³/mol. The molecule has 1 aromatic carbocycles. The van der Waals surface area contributed by atoms with Gasteiger partial charge in [0.25, 0.3) is 0 Å². The van der Waals surface area contributed by atoms with Crippen LogP contribution < -0.4 is 0 Å². The third kappa shape index (κ3) is 1.44. The zero-order chi connectivity index (χ0) is 11.1. The van der Waals surface area contributed by atoms with Crippen LogP contribution in [0.1, 0.15) is 36.2 Å². The fourth-order valence-electron chi connectivity index (χ4n) is 2.10. The molecule has 0 aromatic heterocycles. The summed E-state index contributed by atoms with van der Waals surface area (Å²) in [5, 5.41) is 11.9. The fourth-order valence-corrected chi connectivity index (χ4v) is 2.10. The molecule has 0 saturated carbocycles. The standard InChI is InChI=1S/C12H13NO2/c1-12(2)7-10(13-15)11(14)8-5-3-4-6-9(8)12/h3-6,15H,7H2,1-2H3/b13-10-. The Morgan fingerprint density at radius 2 is 2.00 bits per heavy atom. The highest BCUT2D eigenvalue weighted by Crippen LogP contribution is 2.35. The van der Waals surface area contributed by atoms with E-state index in [1.54, 1.807) is 6.07 Å². The van der Waals surface area contributed by atoms with Crippen LogP contribution in [0.4, 0.5) is 0 Å². The Labute approximate surface area is 88.4 Å². The Morgan fingerprint density at radius 3 is 2.67 bits per heavy atom. The highest BCUT2D eigenvalue weighted by molar-refractivity contribution is 6.47. The number of ketones is 1. The lowest BCUT2D eigenvalue weighted by atomic mass is 9.71. The van der Waals surface area contributed by atoms with Crippen molar-refractivity contribution >= 4 is 11.5 Å². The van der Waals surface area contributed by atoms with Crippen molar-refractivity contribution in [3.8, 4) is 0 Å². The Hall–Kier alpha value is -1.64. The number of oxime groups is 1. The van der Waals surface area contributed by atoms with Crippen LogP contribution in [-0.4, -0.2) is 16.7 Å². The Kier molecular flexibility index (Phi) is 2.11. The average molecular weight is 203 g/mol. The minimum Gasteiger partial charge on any atom is -0.411 e. The van der Waals surface area contributed by atoms with Crippen molar-refractivity contribution in [3.05, 3.63) is 35.4 Å². The highest BCUT2D eigenvalue weighted by Gasteiger charge is 2.35. The zero-order valence-corrected chi connectivity index (χ0v) is 8.82. The van der Waals surface area contributed by atoms with Gasteiger partial charge in [-0.1, -0.05) is 43.3 Å². The van der Waals surface area contributed by atoms with Gasteiger partial charge in [0.15, 0.2) is 0 Å². The van der Waals surface area contributed by atoms with Gasteiger partial charge in [-0.05, 0) is 11.0 Å². The first-order valence-corrected chi connectivity index (χ1v) is 4.91. The number of hydrogen-bond acceptors (Lipinski definition) is 3. The van der Waals surface area contributed by atoms with E-state index in [2.05, 4.69) is 5.16 Å². The molecule has 0 saturated heterocycles. The molecule has 0 bridgehead atoms. The fraction of sp³-hybridized carbons (Fsp3) is 0.333. The van der Waals surface area contributed by atoms with Gasteiger partial charge in [0, 0.05) is 12.0 Å². The molecule has 0 fully saturated rings. The predicted octanol–water partition coefficient (Wildman–Crippen LogP) is 2.38. The number of benzene rings is 1. The van der Waals surface area contributed by atoms with E-state index in [-0.39, 0.29) is 16.9 Å². The molecule has 0 heterocycles. The third-order valence-electron chi connectivity index (χ3n) is 2.89. The van der Waals surface area contributed by atoms with E-state index in [0.717, 1.165) is 5.56 Å². The maximum atomic E-state index is 11.8. The summed E-state index contributed by atoms with van der Waals surface area (Å²) in [5.74, 6) is -0.160. The molecule has 78 valence electrons. The van der Waals surface area contributed by atoms with Gasteiger partial charge >= 0.3 is 0 Å². The summed E-state index contributed by atoms with van der Waals surface area (Å²) in [4.78, 5) is 11.8. The maximum absolute atomic E-state index is 11.8. The van der Waals surface area contributed by atoms with Crippen molar-refractivity contribution in [3.63, 3.8) is 0 Å². The summed E-state index contributed by atoms with van der Waals surface area (Å²) in [5.41, 5.74) is 1.79. The first kappa shape index (κ1) is 9.90. The lowest BCUT2D eigenvalue weighted by Crippen LogP contribution is -2.34. The van der Waals surface area contributed by atoms with Crippen molar-refractivity contribution in [2.75, 3.05) is 0 Å². The second-order valence-electron chi connectivity index (χ2n) is 4.48. The Morgan fingerprint density at radius 1 is 1.33 bits per heavy atom. The van der Waals surface area contributed by atoms with E-state index in [1.165, 1.54) is 0 Å². The third-order valence-corrected chi connectivity index (χ3v) is 2.89. The number of hydrogen-bond donors (Lipinski definition) is 1. The highest BCUT2D eigenvalue weighted by atomic mass is 16.4. The number of Topliss-reactive ketones (excluding diaryl/α,β-unsaturated/α-hetero) is 1. The van der Waals surface area contributed by atoms with Gasteiger partial charge < -0.3 is 5.21 Å². The summed E-state index contributed by atoms with van der Waals surface area (Å²) >= 11 is 0. The van der Waals surface area contributed by atoms with E-state index in [0.29, 0.717) is 12.0 Å². The molecule has 3 heteroatoms. The van der Waals surface area contributed by atoms with Gasteiger partial charge in [0.05, 0.1) is 0 Å². The second kappa shape index (κ2) is 3.19. The van der Waals surface area contributed by atoms with E-state index in [9.17, 15) is 4.79 Å². The van der Waals surface area contributed by atoms with Crippen LogP contribution in [0.5, 0.6) is 0 Å². The summed E-state index contributed by atoms with van der Waals surface area (Å²) in [6.07, 6.45) is 0.485. The number of fused-ring (bicyclic) bond motifs is 1. The Bertz CT molecular complexity index is 447. The van der Waals surface area contributed by atoms with E-state index < -0.39 is 0 Å². The molecule has 1 aliphatic carbocycles. The molecule has 2 rings (SSSR count). The molecule has 0 radical (unpaired) electrons. The summed E-state index contributed by atoms with van der Waals surface area (Å²) in [6, 6.07) is 7.49. The molecule has 0 amide bonds. The smallest absolute Gasteiger partial charge is 0.210 e. The summed E-state index contributed by atoms with van der Waals surface area (Å²) in [7, 11) is 0. The van der Waals surface area contributed by atoms with Gasteiger partial charge in [0.2, 0.25) is 5.78 Å². The minimum absolute atomic E-state index is 0.147. The summed E-state index contributed by atoms with van der Waals surface area (Å²) < 4.78 is 0. The normalized spacial score (nSPS) is 21.5. The van der Waals surface area contributed by atoms with Crippen molar-refractivity contribution in [1.29, 1.82) is 0 Å². The summed E-state index contributed by atoms with van der Waals surface area (Å²) in [6.45, 7) is 4.09. The molecular weight excluding hydrogens is 190 g/mol. The van der Waals surface area contributed by atoms with E-state index >= 15 is 0 Å². The number of carbonyl (C=O) groups is 1. The van der Waals surface area contributed by atoms with Gasteiger partial charge in [-0.25, -0.2) is 0 Å². The lowest BCUT2D eigenvalue weighted by Gasteiger charge is -2.31. The van der Waals surface area contributed by atoms with Crippen LogP contribution in [0.25, 0.3) is 0 Å². The molecule has 0 aliphatic heterocycles. The average Bonchev–Trinajstić information content (AvgIpc) is 2.24. The monoisotopic (exact) mass is 203 g/mol.